The third-order valence-corrected chi connectivity index (χ3v) is 8.27. The van der Waals surface area contributed by atoms with Gasteiger partial charge in [0.05, 0.1) is 23.4 Å². The number of rotatable bonds is 7. The molecular weight excluding hydrogens is 550 g/mol. The summed E-state index contributed by atoms with van der Waals surface area (Å²) in [6.45, 7) is 5.81. The van der Waals surface area contributed by atoms with Crippen molar-refractivity contribution in [3.8, 4) is 5.75 Å². The first kappa shape index (κ1) is 27.8. The highest BCUT2D eigenvalue weighted by Crippen LogP contribution is 2.42. The van der Waals surface area contributed by atoms with Crippen LogP contribution in [-0.2, 0) is 0 Å². The fourth-order valence-electron chi connectivity index (χ4n) is 6.09. The molecule has 2 aliphatic heterocycles. The molecule has 0 saturated carbocycles. The van der Waals surface area contributed by atoms with Crippen molar-refractivity contribution in [1.82, 2.24) is 0 Å². The fraction of sp³-hybridized carbons (Fsp3) is 0.212. The van der Waals surface area contributed by atoms with E-state index in [4.69, 9.17) is 4.74 Å². The van der Waals surface area contributed by atoms with Crippen LogP contribution in [0, 0.1) is 17.0 Å². The molecule has 0 fully saturated rings. The van der Waals surface area contributed by atoms with Gasteiger partial charge in [0.15, 0.2) is 5.75 Å². The van der Waals surface area contributed by atoms with E-state index >= 15 is 0 Å². The lowest BCUT2D eigenvalue weighted by Gasteiger charge is -2.32. The molecule has 43 heavy (non-hydrogen) atoms. The van der Waals surface area contributed by atoms with E-state index in [1.807, 2.05) is 12.1 Å². The largest absolute Gasteiger partial charge is 0.490 e. The summed E-state index contributed by atoms with van der Waals surface area (Å²) in [6, 6.07) is 15.9. The standard InChI is InChI=1S/C33H27N3O7/c1-5-6-17(2)19-7-9-20(10-8-19)34-30(37)21-11-13-23-29-24(14-12-22(28(21)29)31(34)38)33(40)35(32(23)39)25-16-27(43-4)26(36(41)42)15-18(25)3/h7-17H,5-6H2,1-4H3. The molecule has 0 aromatic heterocycles. The molecule has 0 bridgehead atoms. The van der Waals surface area contributed by atoms with Crippen molar-refractivity contribution < 1.29 is 28.8 Å². The summed E-state index contributed by atoms with van der Waals surface area (Å²) < 4.78 is 5.17. The van der Waals surface area contributed by atoms with Crippen LogP contribution in [0.2, 0.25) is 0 Å². The van der Waals surface area contributed by atoms with Gasteiger partial charge in [0.2, 0.25) is 0 Å². The molecule has 4 amide bonds. The Morgan fingerprint density at radius 1 is 0.791 bits per heavy atom. The van der Waals surface area contributed by atoms with Crippen molar-refractivity contribution >= 4 is 51.5 Å². The Hall–Kier alpha value is -5.38. The number of aryl methyl sites for hydroxylation is 1. The number of anilines is 2. The lowest BCUT2D eigenvalue weighted by atomic mass is 9.85. The van der Waals surface area contributed by atoms with E-state index in [1.54, 1.807) is 19.1 Å². The van der Waals surface area contributed by atoms with Crippen LogP contribution in [0.1, 0.15) is 85.2 Å². The van der Waals surface area contributed by atoms with E-state index in [0.29, 0.717) is 17.2 Å². The van der Waals surface area contributed by atoms with Gasteiger partial charge < -0.3 is 4.74 Å². The minimum Gasteiger partial charge on any atom is -0.490 e. The Labute approximate surface area is 246 Å². The second kappa shape index (κ2) is 10.2. The van der Waals surface area contributed by atoms with E-state index in [-0.39, 0.29) is 50.2 Å². The number of hydrogen-bond donors (Lipinski definition) is 0. The maximum Gasteiger partial charge on any atom is 0.311 e. The Morgan fingerprint density at radius 2 is 1.28 bits per heavy atom. The minimum atomic E-state index is -0.681. The van der Waals surface area contributed by atoms with Gasteiger partial charge in [-0.2, -0.15) is 0 Å². The number of ether oxygens (including phenoxy) is 1. The van der Waals surface area contributed by atoms with E-state index in [2.05, 4.69) is 13.8 Å². The van der Waals surface area contributed by atoms with Gasteiger partial charge in [-0.05, 0) is 66.8 Å². The van der Waals surface area contributed by atoms with E-state index in [9.17, 15) is 29.3 Å². The highest BCUT2D eigenvalue weighted by molar-refractivity contribution is 6.42. The van der Waals surface area contributed by atoms with Gasteiger partial charge in [-0.1, -0.05) is 32.4 Å². The van der Waals surface area contributed by atoms with Crippen LogP contribution in [0.3, 0.4) is 0 Å². The summed E-state index contributed by atoms with van der Waals surface area (Å²) in [5.41, 5.74) is 2.38. The molecule has 2 heterocycles. The third kappa shape index (κ3) is 4.09. The number of benzene rings is 4. The first-order valence-electron chi connectivity index (χ1n) is 13.9. The molecule has 1 atom stereocenters. The maximum absolute atomic E-state index is 13.8. The molecule has 6 rings (SSSR count). The van der Waals surface area contributed by atoms with Crippen LogP contribution < -0.4 is 14.5 Å². The first-order valence-corrected chi connectivity index (χ1v) is 13.9. The zero-order chi connectivity index (χ0) is 30.7. The lowest BCUT2D eigenvalue weighted by molar-refractivity contribution is -0.385. The average molecular weight is 578 g/mol. The van der Waals surface area contributed by atoms with Crippen LogP contribution >= 0.6 is 0 Å². The van der Waals surface area contributed by atoms with Crippen molar-refractivity contribution in [2.45, 2.75) is 39.5 Å². The molecule has 10 nitrogen and oxygen atoms in total. The smallest absolute Gasteiger partial charge is 0.311 e. The zero-order valence-corrected chi connectivity index (χ0v) is 24.0. The van der Waals surface area contributed by atoms with Crippen molar-refractivity contribution in [1.29, 1.82) is 0 Å². The predicted molar refractivity (Wildman–Crippen MR) is 160 cm³/mol. The van der Waals surface area contributed by atoms with E-state index in [1.165, 1.54) is 43.5 Å². The third-order valence-electron chi connectivity index (χ3n) is 8.27. The van der Waals surface area contributed by atoms with Crippen molar-refractivity contribution in [2.24, 2.45) is 0 Å². The second-order valence-electron chi connectivity index (χ2n) is 10.8. The predicted octanol–water partition coefficient (Wildman–Crippen LogP) is 6.57. The Kier molecular flexibility index (Phi) is 6.56. The highest BCUT2D eigenvalue weighted by Gasteiger charge is 2.41. The normalized spacial score (nSPS) is 14.9. The molecule has 0 aliphatic carbocycles. The summed E-state index contributed by atoms with van der Waals surface area (Å²) in [6.07, 6.45) is 2.06. The molecule has 216 valence electrons. The maximum atomic E-state index is 13.8. The van der Waals surface area contributed by atoms with Gasteiger partial charge in [-0.25, -0.2) is 9.80 Å². The van der Waals surface area contributed by atoms with Crippen molar-refractivity contribution in [3.63, 3.8) is 0 Å². The highest BCUT2D eigenvalue weighted by atomic mass is 16.6. The minimum absolute atomic E-state index is 0.105. The molecule has 10 heteroatoms. The monoisotopic (exact) mass is 577 g/mol. The molecule has 0 N–H and O–H groups in total. The Bertz CT molecular complexity index is 1840. The second-order valence-corrected chi connectivity index (χ2v) is 10.8. The van der Waals surface area contributed by atoms with Crippen LogP contribution in [0.25, 0.3) is 10.8 Å². The van der Waals surface area contributed by atoms with Gasteiger partial charge in [0, 0.05) is 45.2 Å². The summed E-state index contributed by atoms with van der Waals surface area (Å²) in [7, 11) is 1.26. The number of nitro groups is 1. The van der Waals surface area contributed by atoms with Gasteiger partial charge >= 0.3 is 5.69 Å². The SMILES string of the molecule is CCCC(C)c1ccc(N2C(=O)c3ccc4c5c(ccc(c35)C2=O)C(=O)N(c2cc(OC)c([N+](=O)[O-])cc2C)C4=O)cc1. The topological polar surface area (TPSA) is 127 Å². The van der Waals surface area contributed by atoms with Crippen LogP contribution in [0.4, 0.5) is 17.1 Å². The van der Waals surface area contributed by atoms with Gasteiger partial charge in [-0.3, -0.25) is 29.3 Å². The van der Waals surface area contributed by atoms with Crippen molar-refractivity contribution in [3.05, 3.63) is 104 Å². The van der Waals surface area contributed by atoms with E-state index in [0.717, 1.165) is 28.2 Å². The Balaban J connectivity index is 1.45. The van der Waals surface area contributed by atoms with Crippen LogP contribution in [0.5, 0.6) is 5.75 Å². The first-order chi connectivity index (χ1) is 20.6. The molecular formula is C33H27N3O7. The number of amides is 4. The number of carbonyl (C=O) groups is 4. The number of nitro benzene ring substituents is 1. The molecule has 0 radical (unpaired) electrons. The molecule has 0 saturated heterocycles. The Morgan fingerprint density at radius 3 is 1.72 bits per heavy atom. The zero-order valence-electron chi connectivity index (χ0n) is 24.0. The van der Waals surface area contributed by atoms with Crippen LogP contribution in [0.15, 0.2) is 60.7 Å². The van der Waals surface area contributed by atoms with E-state index < -0.39 is 28.6 Å². The summed E-state index contributed by atoms with van der Waals surface area (Å²) in [5.74, 6) is -2.22. The molecule has 0 spiro atoms. The number of nitrogens with zero attached hydrogens (tertiary/aromatic N) is 3. The van der Waals surface area contributed by atoms with Crippen molar-refractivity contribution in [2.75, 3.05) is 16.9 Å². The number of imide groups is 2. The van der Waals surface area contributed by atoms with Gasteiger partial charge in [0.25, 0.3) is 23.6 Å². The van der Waals surface area contributed by atoms with Gasteiger partial charge in [0.1, 0.15) is 0 Å². The fourth-order valence-corrected chi connectivity index (χ4v) is 6.09. The molecule has 2 aliphatic rings. The molecule has 4 aromatic carbocycles. The summed E-state index contributed by atoms with van der Waals surface area (Å²) >= 11 is 0. The summed E-state index contributed by atoms with van der Waals surface area (Å²) in [5, 5.41) is 12.0. The molecule has 1 unspecified atom stereocenters. The van der Waals surface area contributed by atoms with Gasteiger partial charge in [-0.15, -0.1) is 0 Å². The number of methoxy groups -OCH3 is 1. The van der Waals surface area contributed by atoms with Crippen LogP contribution in [-0.4, -0.2) is 35.7 Å². The summed E-state index contributed by atoms with van der Waals surface area (Å²) in [4.78, 5) is 68.2. The number of hydrogen-bond acceptors (Lipinski definition) is 7. The quantitative estimate of drug-likeness (QED) is 0.138. The number of carbonyl (C=O) groups excluding carboxylic acids is 4. The molecule has 4 aromatic rings. The lowest BCUT2D eigenvalue weighted by Crippen LogP contribution is -2.43. The average Bonchev–Trinajstić information content (AvgIpc) is 2.99.